The van der Waals surface area contributed by atoms with E-state index in [1.807, 2.05) is 0 Å². The summed E-state index contributed by atoms with van der Waals surface area (Å²) in [5.41, 5.74) is 5.24. The van der Waals surface area contributed by atoms with E-state index in [0.29, 0.717) is 0 Å². The predicted octanol–water partition coefficient (Wildman–Crippen LogP) is -6.04. The number of aliphatic carboxylic acids is 1. The number of ether oxygens (including phenoxy) is 4. The Morgan fingerprint density at radius 2 is 1.58 bits per heavy atom. The van der Waals surface area contributed by atoms with Gasteiger partial charge in [-0.15, -0.1) is 0 Å². The fourth-order valence-electron chi connectivity index (χ4n) is 3.12. The molecule has 0 radical (unpaired) electrons. The van der Waals surface area contributed by atoms with E-state index in [-0.39, 0.29) is 0 Å². The van der Waals surface area contributed by atoms with Crippen LogP contribution in [0.5, 0.6) is 0 Å². The first-order valence-corrected chi connectivity index (χ1v) is 9.24. The lowest BCUT2D eigenvalue weighted by molar-refractivity contribution is -0.383. The van der Waals surface area contributed by atoms with Crippen molar-refractivity contribution in [3.8, 4) is 0 Å². The molecule has 15 heteroatoms. The lowest BCUT2D eigenvalue weighted by atomic mass is 9.99. The van der Waals surface area contributed by atoms with E-state index >= 15 is 0 Å². The quantitative estimate of drug-likeness (QED) is 0.146. The number of carbonyl (C=O) groups is 2. The van der Waals surface area contributed by atoms with E-state index in [0.717, 1.165) is 0 Å². The molecule has 0 spiro atoms. The first kappa shape index (κ1) is 25.8. The van der Waals surface area contributed by atoms with Crippen molar-refractivity contribution in [1.29, 1.82) is 0 Å². The zero-order valence-electron chi connectivity index (χ0n) is 16.1. The van der Waals surface area contributed by atoms with E-state index in [2.05, 4.69) is 0 Å². The highest BCUT2D eigenvalue weighted by atomic mass is 16.8. The Bertz CT molecular complexity index is 633. The number of esters is 1. The third-order valence-corrected chi connectivity index (χ3v) is 4.99. The maximum absolute atomic E-state index is 11.9. The topological polar surface area (TPSA) is 259 Å². The fourth-order valence-corrected chi connectivity index (χ4v) is 3.12. The first-order chi connectivity index (χ1) is 14.5. The molecule has 0 aromatic heterocycles. The molecule has 10 atom stereocenters. The Balaban J connectivity index is 2.21. The van der Waals surface area contributed by atoms with Gasteiger partial charge in [0.1, 0.15) is 55.4 Å². The summed E-state index contributed by atoms with van der Waals surface area (Å²) < 4.78 is 20.7. The standard InChI is InChI=1S/C16H27NO14/c17-5(14(26)27)1-8(20)28-4-16(13(25)10(22)7(3-19)30-16)31-15-12(24)11(23)9(21)6(2-18)29-15/h5-7,9-13,15,18-19,21-25H,1-4,17H2,(H,26,27)/t5-,6+,7+,9+,10+,11-,12+,13-,15+,16-/m0/s1. The number of rotatable bonds is 9. The van der Waals surface area contributed by atoms with Crippen LogP contribution >= 0.6 is 0 Å². The van der Waals surface area contributed by atoms with E-state index < -0.39 is 99.0 Å². The summed E-state index contributed by atoms with van der Waals surface area (Å²) in [6, 6.07) is -1.58. The molecule has 2 aliphatic heterocycles. The van der Waals surface area contributed by atoms with Crippen LogP contribution in [0.15, 0.2) is 0 Å². The SMILES string of the molecule is N[C@@H](CC(=O)OC[C@@]1(O[C@H]2O[C@H](CO)[C@@H](O)[C@H](O)[C@H]2O)O[C@H](CO)[C@@H](O)[C@@H]1O)C(=O)O. The Labute approximate surface area is 175 Å². The zero-order valence-corrected chi connectivity index (χ0v) is 16.1. The van der Waals surface area contributed by atoms with Crippen LogP contribution in [0.3, 0.4) is 0 Å². The Morgan fingerprint density at radius 1 is 0.968 bits per heavy atom. The van der Waals surface area contributed by atoms with Crippen LogP contribution in [-0.2, 0) is 28.5 Å². The molecule has 2 saturated heterocycles. The summed E-state index contributed by atoms with van der Waals surface area (Å²) in [5, 5.41) is 77.8. The number of aliphatic hydroxyl groups is 7. The molecule has 2 fully saturated rings. The average Bonchev–Trinajstić information content (AvgIpc) is 2.97. The van der Waals surface area contributed by atoms with Gasteiger partial charge < -0.3 is 65.5 Å². The lowest BCUT2D eigenvalue weighted by Gasteiger charge is -2.43. The number of nitrogens with two attached hydrogens (primary N) is 1. The van der Waals surface area contributed by atoms with Crippen molar-refractivity contribution >= 4 is 11.9 Å². The third-order valence-electron chi connectivity index (χ3n) is 4.99. The molecule has 0 saturated carbocycles. The van der Waals surface area contributed by atoms with Crippen molar-refractivity contribution < 1.29 is 69.4 Å². The van der Waals surface area contributed by atoms with Crippen LogP contribution in [0.4, 0.5) is 0 Å². The predicted molar refractivity (Wildman–Crippen MR) is 92.7 cm³/mol. The van der Waals surface area contributed by atoms with Crippen LogP contribution in [0.2, 0.25) is 0 Å². The van der Waals surface area contributed by atoms with Crippen molar-refractivity contribution in [2.75, 3.05) is 19.8 Å². The summed E-state index contributed by atoms with van der Waals surface area (Å²) in [7, 11) is 0. The summed E-state index contributed by atoms with van der Waals surface area (Å²) in [5.74, 6) is -5.05. The lowest BCUT2D eigenvalue weighted by Crippen LogP contribution is -2.63. The number of hydrogen-bond acceptors (Lipinski definition) is 14. The first-order valence-electron chi connectivity index (χ1n) is 9.24. The molecule has 0 aromatic carbocycles. The summed E-state index contributed by atoms with van der Waals surface area (Å²) >= 11 is 0. The van der Waals surface area contributed by atoms with Gasteiger partial charge in [-0.05, 0) is 0 Å². The molecule has 2 aliphatic rings. The minimum absolute atomic E-state index is 0.756. The normalized spacial score (nSPS) is 41.7. The van der Waals surface area contributed by atoms with Gasteiger partial charge >= 0.3 is 11.9 Å². The van der Waals surface area contributed by atoms with Gasteiger partial charge in [-0.2, -0.15) is 0 Å². The van der Waals surface area contributed by atoms with Crippen LogP contribution in [0.25, 0.3) is 0 Å². The van der Waals surface area contributed by atoms with Gasteiger partial charge in [-0.25, -0.2) is 0 Å². The summed E-state index contributed by atoms with van der Waals surface area (Å²) in [6.45, 7) is -2.55. The highest BCUT2D eigenvalue weighted by Crippen LogP contribution is 2.36. The molecule has 15 nitrogen and oxygen atoms in total. The van der Waals surface area contributed by atoms with Crippen molar-refractivity contribution in [3.63, 3.8) is 0 Å². The number of carboxylic acid groups (broad SMARTS) is 1. The molecule has 180 valence electrons. The highest BCUT2D eigenvalue weighted by Gasteiger charge is 2.59. The van der Waals surface area contributed by atoms with Crippen LogP contribution in [0.1, 0.15) is 6.42 Å². The van der Waals surface area contributed by atoms with Crippen LogP contribution in [0, 0.1) is 0 Å². The van der Waals surface area contributed by atoms with E-state index in [1.165, 1.54) is 0 Å². The fraction of sp³-hybridized carbons (Fsp3) is 0.875. The number of carbonyl (C=O) groups excluding carboxylic acids is 1. The maximum Gasteiger partial charge on any atom is 0.321 e. The van der Waals surface area contributed by atoms with Crippen molar-refractivity contribution in [3.05, 3.63) is 0 Å². The molecule has 10 N–H and O–H groups in total. The molecule has 0 amide bonds. The smallest absolute Gasteiger partial charge is 0.321 e. The van der Waals surface area contributed by atoms with Gasteiger partial charge in [0.05, 0.1) is 19.6 Å². The van der Waals surface area contributed by atoms with Crippen LogP contribution in [-0.4, -0.2) is 133 Å². The average molecular weight is 457 g/mol. The highest BCUT2D eigenvalue weighted by molar-refractivity contribution is 5.81. The Morgan fingerprint density at radius 3 is 2.10 bits per heavy atom. The Hall–Kier alpha value is -1.50. The number of aliphatic hydroxyl groups excluding tert-OH is 7. The zero-order chi connectivity index (χ0) is 23.5. The second-order valence-electron chi connectivity index (χ2n) is 7.21. The molecule has 2 heterocycles. The molecule has 0 aromatic rings. The van der Waals surface area contributed by atoms with Gasteiger partial charge in [-0.3, -0.25) is 9.59 Å². The number of hydrogen-bond donors (Lipinski definition) is 9. The molecular weight excluding hydrogens is 430 g/mol. The molecule has 2 rings (SSSR count). The minimum atomic E-state index is -2.44. The molecule has 0 aliphatic carbocycles. The van der Waals surface area contributed by atoms with E-state index in [4.69, 9.17) is 29.8 Å². The van der Waals surface area contributed by atoms with E-state index in [1.54, 1.807) is 0 Å². The Kier molecular flexibility index (Phi) is 8.65. The molecule has 0 bridgehead atoms. The maximum atomic E-state index is 11.9. The van der Waals surface area contributed by atoms with Gasteiger partial charge in [0.2, 0.25) is 5.79 Å². The largest absolute Gasteiger partial charge is 0.480 e. The monoisotopic (exact) mass is 457 g/mol. The van der Waals surface area contributed by atoms with Gasteiger partial charge in [0, 0.05) is 0 Å². The summed E-state index contributed by atoms with van der Waals surface area (Å²) in [4.78, 5) is 22.6. The van der Waals surface area contributed by atoms with Gasteiger partial charge in [0.15, 0.2) is 6.29 Å². The van der Waals surface area contributed by atoms with Gasteiger partial charge in [0.25, 0.3) is 0 Å². The third kappa shape index (κ3) is 5.47. The second-order valence-corrected chi connectivity index (χ2v) is 7.21. The number of carboxylic acids is 1. The minimum Gasteiger partial charge on any atom is -0.480 e. The second kappa shape index (κ2) is 10.4. The molecular formula is C16H27NO14. The van der Waals surface area contributed by atoms with Crippen molar-refractivity contribution in [2.45, 2.75) is 67.3 Å². The summed E-state index contributed by atoms with van der Waals surface area (Å²) in [6.07, 6.45) is -14.6. The van der Waals surface area contributed by atoms with Crippen molar-refractivity contribution in [2.24, 2.45) is 5.73 Å². The van der Waals surface area contributed by atoms with Crippen LogP contribution < -0.4 is 5.73 Å². The van der Waals surface area contributed by atoms with Gasteiger partial charge in [-0.1, -0.05) is 0 Å². The molecule has 0 unspecified atom stereocenters. The van der Waals surface area contributed by atoms with Crippen molar-refractivity contribution in [1.82, 2.24) is 0 Å². The van der Waals surface area contributed by atoms with E-state index in [9.17, 15) is 45.3 Å². The molecule has 31 heavy (non-hydrogen) atoms.